The normalized spacial score (nSPS) is 14.5. The number of hydrogen-bond donors (Lipinski definition) is 2. The molecule has 0 radical (unpaired) electrons. The van der Waals surface area contributed by atoms with Crippen LogP contribution in [0.2, 0.25) is 0 Å². The van der Waals surface area contributed by atoms with Crippen LogP contribution in [0.15, 0.2) is 0 Å². The third-order valence-electron chi connectivity index (χ3n) is 3.55. The first-order valence-electron chi connectivity index (χ1n) is 7.29. The zero-order chi connectivity index (χ0) is 14.5. The highest BCUT2D eigenvalue weighted by molar-refractivity contribution is 5.97. The number of carbonyl (C=O) groups is 1. The first-order chi connectivity index (χ1) is 9.63. The van der Waals surface area contributed by atoms with Gasteiger partial charge in [-0.25, -0.2) is 0 Å². The molecular formula is C14H24N4O2. The second-order valence-corrected chi connectivity index (χ2v) is 5.46. The summed E-state index contributed by atoms with van der Waals surface area (Å²) in [6.07, 6.45) is 4.32. The van der Waals surface area contributed by atoms with Gasteiger partial charge in [0.15, 0.2) is 5.69 Å². The first kappa shape index (κ1) is 14.8. The number of aryl methyl sites for hydroxylation is 1. The molecule has 0 atom stereocenters. The van der Waals surface area contributed by atoms with Crippen molar-refractivity contribution >= 4 is 11.6 Å². The SMILES string of the molecule is CCCc1[nH]nc(C(=O)N(C)CCOCC2CC2)c1N. The molecular weight excluding hydrogens is 256 g/mol. The molecule has 2 rings (SSSR count). The first-order valence-corrected chi connectivity index (χ1v) is 7.29. The Hall–Kier alpha value is -1.56. The lowest BCUT2D eigenvalue weighted by molar-refractivity contribution is 0.0677. The maximum Gasteiger partial charge on any atom is 0.276 e. The minimum atomic E-state index is -0.156. The van der Waals surface area contributed by atoms with E-state index in [-0.39, 0.29) is 5.91 Å². The number of hydrogen-bond acceptors (Lipinski definition) is 4. The fourth-order valence-corrected chi connectivity index (χ4v) is 2.01. The van der Waals surface area contributed by atoms with Crippen molar-refractivity contribution in [3.8, 4) is 0 Å². The molecule has 0 spiro atoms. The minimum absolute atomic E-state index is 0.156. The third kappa shape index (κ3) is 3.72. The van der Waals surface area contributed by atoms with Crippen LogP contribution in [0.1, 0.15) is 42.4 Å². The van der Waals surface area contributed by atoms with Gasteiger partial charge in [0.1, 0.15) is 0 Å². The van der Waals surface area contributed by atoms with Crippen LogP contribution in [0, 0.1) is 5.92 Å². The van der Waals surface area contributed by atoms with E-state index in [2.05, 4.69) is 17.1 Å². The Morgan fingerprint density at radius 2 is 2.30 bits per heavy atom. The molecule has 1 aromatic rings. The number of aromatic amines is 1. The van der Waals surface area contributed by atoms with Crippen molar-refractivity contribution in [2.45, 2.75) is 32.6 Å². The molecule has 0 bridgehead atoms. The lowest BCUT2D eigenvalue weighted by Crippen LogP contribution is -2.31. The van der Waals surface area contributed by atoms with E-state index >= 15 is 0 Å². The molecule has 1 heterocycles. The number of aromatic nitrogens is 2. The van der Waals surface area contributed by atoms with Gasteiger partial charge in [-0.05, 0) is 25.2 Å². The predicted octanol–water partition coefficient (Wildman–Crippen LogP) is 1.44. The van der Waals surface area contributed by atoms with Crippen LogP contribution >= 0.6 is 0 Å². The molecule has 1 saturated carbocycles. The maximum atomic E-state index is 12.2. The number of rotatable bonds is 8. The van der Waals surface area contributed by atoms with E-state index in [0.717, 1.165) is 31.1 Å². The highest BCUT2D eigenvalue weighted by atomic mass is 16.5. The Bertz CT molecular complexity index is 454. The second-order valence-electron chi connectivity index (χ2n) is 5.46. The van der Waals surface area contributed by atoms with Crippen LogP contribution in [0.4, 0.5) is 5.69 Å². The molecule has 1 aliphatic rings. The van der Waals surface area contributed by atoms with Gasteiger partial charge < -0.3 is 15.4 Å². The summed E-state index contributed by atoms with van der Waals surface area (Å²) >= 11 is 0. The van der Waals surface area contributed by atoms with E-state index in [1.54, 1.807) is 11.9 Å². The van der Waals surface area contributed by atoms with E-state index in [1.165, 1.54) is 12.8 Å². The number of nitrogens with two attached hydrogens (primary N) is 1. The van der Waals surface area contributed by atoms with Gasteiger partial charge in [0.25, 0.3) is 5.91 Å². The molecule has 0 unspecified atom stereocenters. The largest absolute Gasteiger partial charge is 0.395 e. The van der Waals surface area contributed by atoms with Crippen molar-refractivity contribution < 1.29 is 9.53 Å². The van der Waals surface area contributed by atoms with Crippen LogP contribution < -0.4 is 5.73 Å². The number of carbonyl (C=O) groups excluding carboxylic acids is 1. The Morgan fingerprint density at radius 1 is 1.55 bits per heavy atom. The van der Waals surface area contributed by atoms with Gasteiger partial charge in [0, 0.05) is 20.2 Å². The lowest BCUT2D eigenvalue weighted by Gasteiger charge is -2.16. The summed E-state index contributed by atoms with van der Waals surface area (Å²) < 4.78 is 5.53. The molecule has 1 aliphatic carbocycles. The number of nitrogen functional groups attached to an aromatic ring is 1. The Balaban J connectivity index is 1.82. The van der Waals surface area contributed by atoms with Crippen LogP contribution in [-0.2, 0) is 11.2 Å². The average molecular weight is 280 g/mol. The number of likely N-dealkylation sites (N-methyl/N-ethyl adjacent to an activating group) is 1. The number of nitrogens with one attached hydrogen (secondary N) is 1. The van der Waals surface area contributed by atoms with Crippen molar-refractivity contribution in [3.63, 3.8) is 0 Å². The molecule has 3 N–H and O–H groups in total. The zero-order valence-corrected chi connectivity index (χ0v) is 12.3. The fourth-order valence-electron chi connectivity index (χ4n) is 2.01. The molecule has 6 nitrogen and oxygen atoms in total. The number of amides is 1. The number of ether oxygens (including phenoxy) is 1. The van der Waals surface area contributed by atoms with Gasteiger partial charge in [0.05, 0.1) is 18.0 Å². The summed E-state index contributed by atoms with van der Waals surface area (Å²) in [5.41, 5.74) is 7.59. The lowest BCUT2D eigenvalue weighted by atomic mass is 10.2. The number of anilines is 1. The zero-order valence-electron chi connectivity index (χ0n) is 12.3. The molecule has 0 saturated heterocycles. The van der Waals surface area contributed by atoms with Crippen molar-refractivity contribution in [1.82, 2.24) is 15.1 Å². The van der Waals surface area contributed by atoms with Gasteiger partial charge in [0.2, 0.25) is 0 Å². The van der Waals surface area contributed by atoms with Crippen LogP contribution in [0.3, 0.4) is 0 Å². The minimum Gasteiger partial charge on any atom is -0.395 e. The molecule has 20 heavy (non-hydrogen) atoms. The van der Waals surface area contributed by atoms with Crippen LogP contribution in [0.25, 0.3) is 0 Å². The second kappa shape index (κ2) is 6.74. The average Bonchev–Trinajstić information content (AvgIpc) is 3.19. The monoisotopic (exact) mass is 280 g/mol. The van der Waals surface area contributed by atoms with Gasteiger partial charge in [-0.1, -0.05) is 13.3 Å². The summed E-state index contributed by atoms with van der Waals surface area (Å²) in [6, 6.07) is 0. The van der Waals surface area contributed by atoms with E-state index in [1.807, 2.05) is 0 Å². The molecule has 1 amide bonds. The molecule has 112 valence electrons. The predicted molar refractivity (Wildman–Crippen MR) is 77.5 cm³/mol. The topological polar surface area (TPSA) is 84.2 Å². The third-order valence-corrected chi connectivity index (χ3v) is 3.55. The van der Waals surface area contributed by atoms with E-state index in [0.29, 0.717) is 24.5 Å². The van der Waals surface area contributed by atoms with Crippen molar-refractivity contribution in [2.75, 3.05) is 32.5 Å². The van der Waals surface area contributed by atoms with E-state index in [4.69, 9.17) is 10.5 Å². The van der Waals surface area contributed by atoms with Gasteiger partial charge in [-0.3, -0.25) is 9.89 Å². The molecule has 0 aromatic carbocycles. The van der Waals surface area contributed by atoms with Gasteiger partial charge >= 0.3 is 0 Å². The number of nitrogens with zero attached hydrogens (tertiary/aromatic N) is 2. The standard InChI is InChI=1S/C14H24N4O2/c1-3-4-11-12(15)13(17-16-11)14(19)18(2)7-8-20-9-10-5-6-10/h10H,3-9,15H2,1-2H3,(H,16,17). The molecule has 0 aliphatic heterocycles. The summed E-state index contributed by atoms with van der Waals surface area (Å²) in [5, 5.41) is 6.89. The van der Waals surface area contributed by atoms with E-state index in [9.17, 15) is 4.79 Å². The Labute approximate surface area is 119 Å². The smallest absolute Gasteiger partial charge is 0.276 e. The Kier molecular flexibility index (Phi) is 5.00. The van der Waals surface area contributed by atoms with Crippen LogP contribution in [0.5, 0.6) is 0 Å². The highest BCUT2D eigenvalue weighted by Gasteiger charge is 2.22. The Morgan fingerprint density at radius 3 is 2.95 bits per heavy atom. The quantitative estimate of drug-likeness (QED) is 0.706. The number of H-pyrrole nitrogens is 1. The summed E-state index contributed by atoms with van der Waals surface area (Å²) in [6.45, 7) is 3.99. The molecule has 6 heteroatoms. The van der Waals surface area contributed by atoms with Crippen molar-refractivity contribution in [1.29, 1.82) is 0 Å². The maximum absolute atomic E-state index is 12.2. The van der Waals surface area contributed by atoms with Crippen molar-refractivity contribution in [3.05, 3.63) is 11.4 Å². The van der Waals surface area contributed by atoms with E-state index < -0.39 is 0 Å². The molecule has 1 aromatic heterocycles. The van der Waals surface area contributed by atoms with Crippen molar-refractivity contribution in [2.24, 2.45) is 5.92 Å². The fraction of sp³-hybridized carbons (Fsp3) is 0.714. The highest BCUT2D eigenvalue weighted by Crippen LogP contribution is 2.28. The summed E-state index contributed by atoms with van der Waals surface area (Å²) in [5.74, 6) is 0.589. The van der Waals surface area contributed by atoms with Gasteiger partial charge in [-0.15, -0.1) is 0 Å². The summed E-state index contributed by atoms with van der Waals surface area (Å²) in [4.78, 5) is 13.8. The van der Waals surface area contributed by atoms with Crippen LogP contribution in [-0.4, -0.2) is 47.8 Å². The van der Waals surface area contributed by atoms with Gasteiger partial charge in [-0.2, -0.15) is 5.10 Å². The molecule has 1 fully saturated rings. The summed E-state index contributed by atoms with van der Waals surface area (Å²) in [7, 11) is 1.75.